The van der Waals surface area contributed by atoms with Gasteiger partial charge in [0.25, 0.3) is 0 Å². The third-order valence-corrected chi connectivity index (χ3v) is 1.74. The Morgan fingerprint density at radius 1 is 1.58 bits per heavy atom. The van der Waals surface area contributed by atoms with E-state index in [0.29, 0.717) is 5.56 Å². The smallest absolute Gasteiger partial charge is 0.142 e. The average molecular weight is 190 g/mol. The maximum Gasteiger partial charge on any atom is 0.142 e. The summed E-state index contributed by atoms with van der Waals surface area (Å²) in [4.78, 5) is 0. The van der Waals surface area contributed by atoms with Gasteiger partial charge >= 0.3 is 0 Å². The van der Waals surface area contributed by atoms with E-state index in [1.54, 1.807) is 6.07 Å². The Balaban J connectivity index is 2.82. The lowest BCUT2D eigenvalue weighted by Crippen LogP contribution is -2.21. The number of nitrogens with two attached hydrogens (primary N) is 1. The Kier molecular flexibility index (Phi) is 3.03. The van der Waals surface area contributed by atoms with Crippen molar-refractivity contribution in [1.82, 2.24) is 0 Å². The quantitative estimate of drug-likeness (QED) is 0.689. The molecular formula is C8H9ClFNO. The molecule has 12 heavy (non-hydrogen) atoms. The minimum Gasteiger partial charge on any atom is -0.378 e. The van der Waals surface area contributed by atoms with Crippen molar-refractivity contribution in [3.8, 4) is 0 Å². The van der Waals surface area contributed by atoms with Crippen molar-refractivity contribution in [1.29, 1.82) is 0 Å². The molecule has 0 aliphatic heterocycles. The van der Waals surface area contributed by atoms with Gasteiger partial charge in [-0.1, -0.05) is 17.7 Å². The van der Waals surface area contributed by atoms with Crippen molar-refractivity contribution >= 4 is 11.6 Å². The van der Waals surface area contributed by atoms with Gasteiger partial charge in [0.1, 0.15) is 12.0 Å². The highest BCUT2D eigenvalue weighted by molar-refractivity contribution is 6.30. The number of halogens is 2. The fraction of sp³-hybridized carbons (Fsp3) is 0.250. The molecule has 1 aromatic carbocycles. The molecule has 0 amide bonds. The average Bonchev–Trinajstić information content (AvgIpc) is 1.96. The van der Waals surface area contributed by atoms with E-state index in [2.05, 4.69) is 0 Å². The molecular weight excluding hydrogens is 181 g/mol. The molecule has 0 aliphatic rings. The molecule has 1 unspecified atom stereocenters. The zero-order chi connectivity index (χ0) is 9.14. The van der Waals surface area contributed by atoms with Gasteiger partial charge in [-0.15, -0.1) is 0 Å². The molecule has 1 atom stereocenters. The van der Waals surface area contributed by atoms with Crippen LogP contribution in [0.3, 0.4) is 0 Å². The van der Waals surface area contributed by atoms with E-state index in [9.17, 15) is 4.39 Å². The topological polar surface area (TPSA) is 46.2 Å². The number of aliphatic hydroxyl groups excluding tert-OH is 1. The predicted octanol–water partition coefficient (Wildman–Crippen LogP) is 1.30. The highest BCUT2D eigenvalue weighted by Crippen LogP contribution is 2.15. The molecule has 0 fully saturated rings. The molecule has 0 aliphatic carbocycles. The van der Waals surface area contributed by atoms with Crippen LogP contribution in [0.15, 0.2) is 18.2 Å². The number of benzene rings is 1. The highest BCUT2D eigenvalue weighted by Gasteiger charge is 2.03. The van der Waals surface area contributed by atoms with E-state index >= 15 is 0 Å². The Labute approximate surface area is 74.8 Å². The van der Waals surface area contributed by atoms with E-state index < -0.39 is 12.0 Å². The van der Waals surface area contributed by atoms with E-state index in [1.807, 2.05) is 0 Å². The van der Waals surface area contributed by atoms with Gasteiger partial charge in [0.05, 0.1) is 5.02 Å². The Bertz CT molecular complexity index is 278. The van der Waals surface area contributed by atoms with E-state index in [-0.39, 0.29) is 11.4 Å². The number of rotatable bonds is 2. The maximum atomic E-state index is 12.8. The fourth-order valence-electron chi connectivity index (χ4n) is 0.908. The molecule has 1 rings (SSSR count). The number of aliphatic hydroxyl groups is 1. The first-order chi connectivity index (χ1) is 5.59. The van der Waals surface area contributed by atoms with Crippen molar-refractivity contribution in [2.24, 2.45) is 5.73 Å². The number of hydrogen-bond acceptors (Lipinski definition) is 2. The summed E-state index contributed by atoms with van der Waals surface area (Å²) in [6.45, 7) is 0. The van der Waals surface area contributed by atoms with E-state index in [0.717, 1.165) is 0 Å². The minimum absolute atomic E-state index is 0.0743. The van der Waals surface area contributed by atoms with E-state index in [4.69, 9.17) is 22.4 Å². The largest absolute Gasteiger partial charge is 0.378 e. The third-order valence-electron chi connectivity index (χ3n) is 1.43. The first kappa shape index (κ1) is 9.45. The normalized spacial score (nSPS) is 13.0. The van der Waals surface area contributed by atoms with Crippen LogP contribution in [0.4, 0.5) is 4.39 Å². The first-order valence-electron chi connectivity index (χ1n) is 3.47. The summed E-state index contributed by atoms with van der Waals surface area (Å²) in [5, 5.41) is 8.86. The second kappa shape index (κ2) is 3.85. The molecule has 0 aromatic heterocycles. The molecule has 0 bridgehead atoms. The molecule has 3 N–H and O–H groups in total. The number of hydrogen-bond donors (Lipinski definition) is 2. The Morgan fingerprint density at radius 3 is 2.75 bits per heavy atom. The molecule has 0 radical (unpaired) electrons. The summed E-state index contributed by atoms with van der Waals surface area (Å²) < 4.78 is 12.8. The van der Waals surface area contributed by atoms with Crippen LogP contribution in [0.5, 0.6) is 0 Å². The van der Waals surface area contributed by atoms with Crippen LogP contribution >= 0.6 is 11.6 Å². The lowest BCUT2D eigenvalue weighted by Gasteiger charge is -2.04. The molecule has 0 heterocycles. The van der Waals surface area contributed by atoms with Crippen LogP contribution in [0, 0.1) is 5.82 Å². The highest BCUT2D eigenvalue weighted by atomic mass is 35.5. The second-order valence-electron chi connectivity index (χ2n) is 2.52. The maximum absolute atomic E-state index is 12.8. The van der Waals surface area contributed by atoms with Gasteiger partial charge in [-0.05, 0) is 17.7 Å². The summed E-state index contributed by atoms with van der Waals surface area (Å²) in [5.74, 6) is -0.491. The van der Waals surface area contributed by atoms with Crippen LogP contribution < -0.4 is 5.73 Å². The predicted molar refractivity (Wildman–Crippen MR) is 45.3 cm³/mol. The lowest BCUT2D eigenvalue weighted by molar-refractivity contribution is 0.183. The first-order valence-corrected chi connectivity index (χ1v) is 3.85. The minimum atomic E-state index is -0.953. The zero-order valence-electron chi connectivity index (χ0n) is 6.30. The van der Waals surface area contributed by atoms with E-state index in [1.165, 1.54) is 12.1 Å². The van der Waals surface area contributed by atoms with Gasteiger partial charge in [-0.3, -0.25) is 0 Å². The summed E-state index contributed by atoms with van der Waals surface area (Å²) in [7, 11) is 0. The van der Waals surface area contributed by atoms with Crippen LogP contribution in [-0.2, 0) is 6.42 Å². The zero-order valence-corrected chi connectivity index (χ0v) is 7.05. The SMILES string of the molecule is NC(O)Cc1ccc(Cl)c(F)c1. The summed E-state index contributed by atoms with van der Waals surface area (Å²) in [5.41, 5.74) is 5.74. The second-order valence-corrected chi connectivity index (χ2v) is 2.93. The van der Waals surface area contributed by atoms with Crippen LogP contribution in [-0.4, -0.2) is 11.3 Å². The summed E-state index contributed by atoms with van der Waals surface area (Å²) in [6, 6.07) is 4.33. The van der Waals surface area contributed by atoms with Crippen molar-refractivity contribution in [3.05, 3.63) is 34.6 Å². The molecule has 4 heteroatoms. The van der Waals surface area contributed by atoms with Crippen LogP contribution in [0.1, 0.15) is 5.56 Å². The summed E-state index contributed by atoms with van der Waals surface area (Å²) >= 11 is 5.45. The Morgan fingerprint density at radius 2 is 2.25 bits per heavy atom. The standard InChI is InChI=1S/C8H9ClFNO/c9-6-2-1-5(3-7(6)10)4-8(11)12/h1-3,8,12H,4,11H2. The van der Waals surface area contributed by atoms with Gasteiger partial charge in [0, 0.05) is 6.42 Å². The molecule has 1 aromatic rings. The van der Waals surface area contributed by atoms with Gasteiger partial charge in [0.15, 0.2) is 0 Å². The molecule has 0 saturated heterocycles. The van der Waals surface area contributed by atoms with Gasteiger partial charge in [-0.2, -0.15) is 0 Å². The fourth-order valence-corrected chi connectivity index (χ4v) is 1.03. The molecule has 0 spiro atoms. The van der Waals surface area contributed by atoms with Gasteiger partial charge in [-0.25, -0.2) is 4.39 Å². The Hall–Kier alpha value is -0.640. The summed E-state index contributed by atoms with van der Waals surface area (Å²) in [6.07, 6.45) is -0.723. The van der Waals surface area contributed by atoms with Gasteiger partial charge in [0.2, 0.25) is 0 Å². The monoisotopic (exact) mass is 189 g/mol. The third kappa shape index (κ3) is 2.44. The van der Waals surface area contributed by atoms with Crippen molar-refractivity contribution in [2.75, 3.05) is 0 Å². The van der Waals surface area contributed by atoms with Crippen molar-refractivity contribution < 1.29 is 9.50 Å². The van der Waals surface area contributed by atoms with Gasteiger partial charge < -0.3 is 10.8 Å². The molecule has 66 valence electrons. The van der Waals surface area contributed by atoms with Crippen LogP contribution in [0.25, 0.3) is 0 Å². The lowest BCUT2D eigenvalue weighted by atomic mass is 10.1. The van der Waals surface area contributed by atoms with Crippen molar-refractivity contribution in [2.45, 2.75) is 12.6 Å². The van der Waals surface area contributed by atoms with Crippen molar-refractivity contribution in [3.63, 3.8) is 0 Å². The molecule has 2 nitrogen and oxygen atoms in total. The molecule has 0 saturated carbocycles. The van der Waals surface area contributed by atoms with Crippen LogP contribution in [0.2, 0.25) is 5.02 Å².